The summed E-state index contributed by atoms with van der Waals surface area (Å²) in [7, 11) is 1.66. The zero-order chi connectivity index (χ0) is 19.7. The van der Waals surface area contributed by atoms with Gasteiger partial charge in [0, 0.05) is 39.3 Å². The summed E-state index contributed by atoms with van der Waals surface area (Å²) in [6.07, 6.45) is -2.62. The molecule has 1 aromatic carbocycles. The van der Waals surface area contributed by atoms with Crippen LogP contribution in [0.25, 0.3) is 0 Å². The number of ether oxygens (including phenoxy) is 1. The van der Waals surface area contributed by atoms with E-state index in [2.05, 4.69) is 15.6 Å². The minimum Gasteiger partial charge on any atom is -0.374 e. The van der Waals surface area contributed by atoms with E-state index < -0.39 is 12.7 Å². The fourth-order valence-corrected chi connectivity index (χ4v) is 3.09. The molecule has 0 aromatic heterocycles. The smallest absolute Gasteiger partial charge is 0.374 e. The van der Waals surface area contributed by atoms with Crippen LogP contribution in [0.15, 0.2) is 35.3 Å². The molecule has 1 fully saturated rings. The Morgan fingerprint density at radius 2 is 2.07 bits per heavy atom. The quantitative estimate of drug-likeness (QED) is 0.410. The van der Waals surface area contributed by atoms with Gasteiger partial charge < -0.3 is 15.4 Å². The molecule has 1 aliphatic heterocycles. The molecule has 8 heteroatoms. The van der Waals surface area contributed by atoms with Crippen molar-refractivity contribution in [1.29, 1.82) is 0 Å². The second-order valence-electron chi connectivity index (χ2n) is 6.76. The van der Waals surface area contributed by atoms with Crippen molar-refractivity contribution in [2.24, 2.45) is 4.99 Å². The van der Waals surface area contributed by atoms with Crippen molar-refractivity contribution < 1.29 is 17.9 Å². The average Bonchev–Trinajstić information content (AvgIpc) is 3.05. The van der Waals surface area contributed by atoms with E-state index in [-0.39, 0.29) is 12.1 Å². The molecular weight excluding hydrogens is 357 g/mol. The Bertz CT molecular complexity index is 580. The van der Waals surface area contributed by atoms with Gasteiger partial charge >= 0.3 is 6.18 Å². The highest BCUT2D eigenvalue weighted by atomic mass is 19.4. The highest BCUT2D eigenvalue weighted by Gasteiger charge is 2.34. The Morgan fingerprint density at radius 3 is 2.74 bits per heavy atom. The molecule has 0 radical (unpaired) electrons. The first-order valence-electron chi connectivity index (χ1n) is 9.30. The molecule has 2 N–H and O–H groups in total. The van der Waals surface area contributed by atoms with Crippen molar-refractivity contribution >= 4 is 5.96 Å². The molecule has 1 aliphatic rings. The number of guanidine groups is 1. The van der Waals surface area contributed by atoms with E-state index in [1.807, 2.05) is 37.3 Å². The molecule has 27 heavy (non-hydrogen) atoms. The number of alkyl halides is 3. The van der Waals surface area contributed by atoms with Gasteiger partial charge in [-0.25, -0.2) is 0 Å². The minimum atomic E-state index is -4.15. The molecule has 0 saturated carbocycles. The second-order valence-corrected chi connectivity index (χ2v) is 6.76. The maximum Gasteiger partial charge on any atom is 0.401 e. The van der Waals surface area contributed by atoms with Gasteiger partial charge in [-0.2, -0.15) is 13.2 Å². The summed E-state index contributed by atoms with van der Waals surface area (Å²) in [5, 5.41) is 6.39. The fourth-order valence-electron chi connectivity index (χ4n) is 3.09. The van der Waals surface area contributed by atoms with Gasteiger partial charge in [0.05, 0.1) is 12.6 Å². The number of nitrogens with zero attached hydrogens (tertiary/aromatic N) is 2. The Morgan fingerprint density at radius 1 is 1.33 bits per heavy atom. The number of halogens is 3. The largest absolute Gasteiger partial charge is 0.401 e. The second kappa shape index (κ2) is 10.5. The summed E-state index contributed by atoms with van der Waals surface area (Å²) in [5.74, 6) is 0.616. The van der Waals surface area contributed by atoms with E-state index in [9.17, 15) is 13.2 Å². The molecule has 0 amide bonds. The van der Waals surface area contributed by atoms with Crippen LogP contribution in [-0.2, 0) is 4.74 Å². The molecule has 0 spiro atoms. The van der Waals surface area contributed by atoms with Crippen LogP contribution in [0.5, 0.6) is 0 Å². The lowest BCUT2D eigenvalue weighted by atomic mass is 10.1. The SMILES string of the molecule is CN=C(NCCCOC(C)c1ccccc1)NC1CCN(CC(F)(F)F)C1. The van der Waals surface area contributed by atoms with E-state index in [1.165, 1.54) is 4.90 Å². The Hall–Kier alpha value is -1.80. The van der Waals surface area contributed by atoms with Crippen LogP contribution < -0.4 is 10.6 Å². The first-order chi connectivity index (χ1) is 12.9. The normalized spacial score (nSPS) is 19.9. The first kappa shape index (κ1) is 21.5. The third-order valence-corrected chi connectivity index (χ3v) is 4.49. The van der Waals surface area contributed by atoms with Crippen LogP contribution in [0, 0.1) is 0 Å². The van der Waals surface area contributed by atoms with Gasteiger partial charge in [0.15, 0.2) is 5.96 Å². The summed E-state index contributed by atoms with van der Waals surface area (Å²) in [4.78, 5) is 5.56. The monoisotopic (exact) mass is 386 g/mol. The lowest BCUT2D eigenvalue weighted by Gasteiger charge is -2.20. The molecule has 1 aromatic rings. The molecule has 2 rings (SSSR count). The van der Waals surface area contributed by atoms with Crippen LogP contribution in [0.1, 0.15) is 31.4 Å². The highest BCUT2D eigenvalue weighted by molar-refractivity contribution is 5.79. The van der Waals surface area contributed by atoms with E-state index in [0.29, 0.717) is 38.6 Å². The van der Waals surface area contributed by atoms with E-state index in [4.69, 9.17) is 4.74 Å². The van der Waals surface area contributed by atoms with Crippen molar-refractivity contribution in [3.05, 3.63) is 35.9 Å². The van der Waals surface area contributed by atoms with Gasteiger partial charge in [-0.05, 0) is 25.3 Å². The van der Waals surface area contributed by atoms with Crippen LogP contribution in [0.2, 0.25) is 0 Å². The van der Waals surface area contributed by atoms with Gasteiger partial charge in [0.25, 0.3) is 0 Å². The third-order valence-electron chi connectivity index (χ3n) is 4.49. The zero-order valence-corrected chi connectivity index (χ0v) is 15.9. The van der Waals surface area contributed by atoms with Crippen molar-refractivity contribution in [3.8, 4) is 0 Å². The van der Waals surface area contributed by atoms with Crippen molar-refractivity contribution in [2.75, 3.05) is 39.8 Å². The number of rotatable bonds is 8. The highest BCUT2D eigenvalue weighted by Crippen LogP contribution is 2.20. The van der Waals surface area contributed by atoms with E-state index in [1.54, 1.807) is 7.05 Å². The molecule has 1 saturated heterocycles. The van der Waals surface area contributed by atoms with Gasteiger partial charge in [-0.3, -0.25) is 9.89 Å². The first-order valence-corrected chi connectivity index (χ1v) is 9.30. The Labute approximate surface area is 159 Å². The van der Waals surface area contributed by atoms with Crippen LogP contribution in [0.4, 0.5) is 13.2 Å². The number of aliphatic imine (C=N–C) groups is 1. The van der Waals surface area contributed by atoms with Gasteiger partial charge in [0.1, 0.15) is 0 Å². The maximum absolute atomic E-state index is 12.5. The average molecular weight is 386 g/mol. The minimum absolute atomic E-state index is 0.0205. The fraction of sp³-hybridized carbons (Fsp3) is 0.632. The molecule has 2 unspecified atom stereocenters. The lowest BCUT2D eigenvalue weighted by Crippen LogP contribution is -2.45. The van der Waals surface area contributed by atoms with Gasteiger partial charge in [-0.1, -0.05) is 30.3 Å². The number of benzene rings is 1. The Kier molecular flexibility index (Phi) is 8.37. The Balaban J connectivity index is 1.61. The molecular formula is C19H29F3N4O. The van der Waals surface area contributed by atoms with Crippen molar-refractivity contribution in [1.82, 2.24) is 15.5 Å². The third kappa shape index (κ3) is 8.17. The number of likely N-dealkylation sites (tertiary alicyclic amines) is 1. The topological polar surface area (TPSA) is 48.9 Å². The molecule has 2 atom stereocenters. The predicted octanol–water partition coefficient (Wildman–Crippen LogP) is 2.96. The molecule has 1 heterocycles. The standard InChI is InChI=1S/C19H29F3N4O/c1-15(16-7-4-3-5-8-16)27-12-6-10-24-18(23-2)25-17-9-11-26(13-17)14-19(20,21)22/h3-5,7-8,15,17H,6,9-14H2,1-2H3,(H2,23,24,25). The van der Waals surface area contributed by atoms with Gasteiger partial charge in [0.2, 0.25) is 0 Å². The zero-order valence-electron chi connectivity index (χ0n) is 15.9. The maximum atomic E-state index is 12.5. The summed E-state index contributed by atoms with van der Waals surface area (Å²) in [6.45, 7) is 3.28. The predicted molar refractivity (Wildman–Crippen MR) is 101 cm³/mol. The summed E-state index contributed by atoms with van der Waals surface area (Å²) >= 11 is 0. The summed E-state index contributed by atoms with van der Waals surface area (Å²) in [6, 6.07) is 10.0. The van der Waals surface area contributed by atoms with Crippen LogP contribution in [-0.4, -0.2) is 62.9 Å². The van der Waals surface area contributed by atoms with Crippen LogP contribution in [0.3, 0.4) is 0 Å². The van der Waals surface area contributed by atoms with E-state index >= 15 is 0 Å². The molecule has 152 valence electrons. The molecule has 0 aliphatic carbocycles. The number of nitrogens with one attached hydrogen (secondary N) is 2. The number of hydrogen-bond donors (Lipinski definition) is 2. The van der Waals surface area contributed by atoms with Crippen LogP contribution >= 0.6 is 0 Å². The molecule has 5 nitrogen and oxygen atoms in total. The van der Waals surface area contributed by atoms with Gasteiger partial charge in [-0.15, -0.1) is 0 Å². The van der Waals surface area contributed by atoms with E-state index in [0.717, 1.165) is 12.0 Å². The lowest BCUT2D eigenvalue weighted by molar-refractivity contribution is -0.143. The number of hydrogen-bond acceptors (Lipinski definition) is 3. The van der Waals surface area contributed by atoms with Crippen molar-refractivity contribution in [3.63, 3.8) is 0 Å². The summed E-state index contributed by atoms with van der Waals surface area (Å²) in [5.41, 5.74) is 1.15. The molecule has 0 bridgehead atoms. The van der Waals surface area contributed by atoms with Crippen molar-refractivity contribution in [2.45, 2.75) is 38.1 Å². The summed E-state index contributed by atoms with van der Waals surface area (Å²) < 4.78 is 43.2.